The minimum atomic E-state index is -0.147. The predicted molar refractivity (Wildman–Crippen MR) is 107 cm³/mol. The minimum Gasteiger partial charge on any atom is -0.327 e. The third-order valence-corrected chi connectivity index (χ3v) is 4.50. The van der Waals surface area contributed by atoms with Gasteiger partial charge in [-0.15, -0.1) is 0 Å². The van der Waals surface area contributed by atoms with Crippen LogP contribution in [-0.2, 0) is 13.6 Å². The Morgan fingerprint density at radius 1 is 1.15 bits per heavy atom. The van der Waals surface area contributed by atoms with E-state index in [1.807, 2.05) is 62.0 Å². The summed E-state index contributed by atoms with van der Waals surface area (Å²) in [5, 5.41) is 11.9. The molecule has 2 amide bonds. The Hall–Kier alpha value is -3.09. The van der Waals surface area contributed by atoms with Crippen LogP contribution < -0.4 is 5.32 Å². The molecule has 0 saturated heterocycles. The summed E-state index contributed by atoms with van der Waals surface area (Å²) in [6.07, 6.45) is 0.840. The van der Waals surface area contributed by atoms with Gasteiger partial charge in [-0.3, -0.25) is 14.7 Å². The van der Waals surface area contributed by atoms with E-state index >= 15 is 0 Å². The predicted octanol–water partition coefficient (Wildman–Crippen LogP) is 3.45. The SMILES string of the molecule is Cc1cc(C)n(CCCN(C)C(=O)Nc2cc(-c3ccccc3)nn2C)n1. The molecule has 0 aliphatic heterocycles. The van der Waals surface area contributed by atoms with Crippen molar-refractivity contribution in [2.45, 2.75) is 26.8 Å². The van der Waals surface area contributed by atoms with E-state index in [0.717, 1.165) is 35.6 Å². The summed E-state index contributed by atoms with van der Waals surface area (Å²) in [6, 6.07) is 13.7. The fourth-order valence-electron chi connectivity index (χ4n) is 3.00. The van der Waals surface area contributed by atoms with Crippen molar-refractivity contribution in [2.24, 2.45) is 7.05 Å². The second kappa shape index (κ2) is 8.07. The van der Waals surface area contributed by atoms with Crippen LogP contribution in [0, 0.1) is 13.8 Å². The molecule has 0 fully saturated rings. The van der Waals surface area contributed by atoms with Crippen molar-refractivity contribution < 1.29 is 4.79 Å². The number of hydrogen-bond acceptors (Lipinski definition) is 3. The number of aryl methyl sites for hydroxylation is 4. The molecule has 3 aromatic rings. The van der Waals surface area contributed by atoms with E-state index in [0.29, 0.717) is 12.4 Å². The minimum absolute atomic E-state index is 0.147. The van der Waals surface area contributed by atoms with E-state index in [-0.39, 0.29) is 6.03 Å². The lowest BCUT2D eigenvalue weighted by atomic mass is 10.2. The Bertz CT molecular complexity index is 912. The molecule has 142 valence electrons. The average molecular weight is 366 g/mol. The molecule has 1 aromatic carbocycles. The van der Waals surface area contributed by atoms with Crippen LogP contribution in [0.5, 0.6) is 0 Å². The van der Waals surface area contributed by atoms with Gasteiger partial charge in [-0.05, 0) is 26.3 Å². The molecule has 7 heteroatoms. The van der Waals surface area contributed by atoms with Crippen LogP contribution in [0.3, 0.4) is 0 Å². The first kappa shape index (κ1) is 18.7. The Morgan fingerprint density at radius 3 is 2.56 bits per heavy atom. The molecular weight excluding hydrogens is 340 g/mol. The van der Waals surface area contributed by atoms with Gasteiger partial charge in [0.05, 0.1) is 11.4 Å². The van der Waals surface area contributed by atoms with Crippen molar-refractivity contribution in [1.29, 1.82) is 0 Å². The van der Waals surface area contributed by atoms with Gasteiger partial charge in [0, 0.05) is 44.5 Å². The van der Waals surface area contributed by atoms with Gasteiger partial charge in [0.25, 0.3) is 0 Å². The summed E-state index contributed by atoms with van der Waals surface area (Å²) in [5.41, 5.74) is 4.01. The lowest BCUT2D eigenvalue weighted by Gasteiger charge is -2.18. The molecule has 1 N–H and O–H groups in total. The van der Waals surface area contributed by atoms with Crippen LogP contribution in [0.25, 0.3) is 11.3 Å². The summed E-state index contributed by atoms with van der Waals surface area (Å²) in [4.78, 5) is 14.2. The first-order chi connectivity index (χ1) is 12.9. The van der Waals surface area contributed by atoms with Gasteiger partial charge in [0.1, 0.15) is 5.82 Å². The van der Waals surface area contributed by atoms with Crippen LogP contribution in [0.4, 0.5) is 10.6 Å². The van der Waals surface area contributed by atoms with Crippen molar-refractivity contribution in [3.05, 3.63) is 53.9 Å². The molecule has 27 heavy (non-hydrogen) atoms. The number of urea groups is 1. The number of carbonyl (C=O) groups is 1. The van der Waals surface area contributed by atoms with Crippen molar-refractivity contribution >= 4 is 11.8 Å². The Labute approximate surface area is 159 Å². The van der Waals surface area contributed by atoms with E-state index in [4.69, 9.17) is 0 Å². The fraction of sp³-hybridized carbons (Fsp3) is 0.350. The topological polar surface area (TPSA) is 68.0 Å². The monoisotopic (exact) mass is 366 g/mol. The maximum Gasteiger partial charge on any atom is 0.322 e. The third kappa shape index (κ3) is 4.55. The Kier molecular flexibility index (Phi) is 5.59. The van der Waals surface area contributed by atoms with Crippen molar-refractivity contribution in [2.75, 3.05) is 18.9 Å². The molecule has 0 spiro atoms. The Morgan fingerprint density at radius 2 is 1.89 bits per heavy atom. The highest BCUT2D eigenvalue weighted by Gasteiger charge is 2.13. The van der Waals surface area contributed by atoms with E-state index in [1.54, 1.807) is 16.6 Å². The first-order valence-corrected chi connectivity index (χ1v) is 9.06. The van der Waals surface area contributed by atoms with Crippen LogP contribution in [0.2, 0.25) is 0 Å². The zero-order valence-electron chi connectivity index (χ0n) is 16.3. The number of rotatable bonds is 6. The zero-order valence-corrected chi connectivity index (χ0v) is 16.3. The largest absolute Gasteiger partial charge is 0.327 e. The second-order valence-corrected chi connectivity index (χ2v) is 6.76. The van der Waals surface area contributed by atoms with Crippen LogP contribution in [0.1, 0.15) is 17.8 Å². The number of benzene rings is 1. The lowest BCUT2D eigenvalue weighted by molar-refractivity contribution is 0.220. The molecule has 7 nitrogen and oxygen atoms in total. The molecular formula is C20H26N6O. The van der Waals surface area contributed by atoms with Gasteiger partial charge < -0.3 is 4.90 Å². The normalized spacial score (nSPS) is 10.8. The standard InChI is InChI=1S/C20H26N6O/c1-15-13-16(2)26(22-15)12-8-11-24(3)20(27)21-19-14-18(23-25(19)4)17-9-6-5-7-10-17/h5-7,9-10,13-14H,8,11-12H2,1-4H3,(H,21,27). The zero-order chi connectivity index (χ0) is 19.4. The molecule has 2 aromatic heterocycles. The van der Waals surface area contributed by atoms with Crippen molar-refractivity contribution in [3.8, 4) is 11.3 Å². The van der Waals surface area contributed by atoms with Gasteiger partial charge in [0.15, 0.2) is 0 Å². The number of nitrogens with zero attached hydrogens (tertiary/aromatic N) is 5. The van der Waals surface area contributed by atoms with Gasteiger partial charge >= 0.3 is 6.03 Å². The quantitative estimate of drug-likeness (QED) is 0.726. The molecule has 0 unspecified atom stereocenters. The number of nitrogens with one attached hydrogen (secondary N) is 1. The highest BCUT2D eigenvalue weighted by Crippen LogP contribution is 2.21. The third-order valence-electron chi connectivity index (χ3n) is 4.50. The van der Waals surface area contributed by atoms with E-state index < -0.39 is 0 Å². The number of amides is 2. The summed E-state index contributed by atoms with van der Waals surface area (Å²) < 4.78 is 3.66. The number of aromatic nitrogens is 4. The first-order valence-electron chi connectivity index (χ1n) is 9.06. The number of carbonyl (C=O) groups excluding carboxylic acids is 1. The van der Waals surface area contributed by atoms with Gasteiger partial charge in [-0.2, -0.15) is 10.2 Å². The van der Waals surface area contributed by atoms with Crippen molar-refractivity contribution in [1.82, 2.24) is 24.5 Å². The summed E-state index contributed by atoms with van der Waals surface area (Å²) >= 11 is 0. The molecule has 2 heterocycles. The molecule has 0 atom stereocenters. The van der Waals surface area contributed by atoms with Gasteiger partial charge in [-0.25, -0.2) is 4.79 Å². The highest BCUT2D eigenvalue weighted by atomic mass is 16.2. The maximum atomic E-state index is 12.5. The summed E-state index contributed by atoms with van der Waals surface area (Å²) in [5.74, 6) is 0.671. The van der Waals surface area contributed by atoms with Crippen LogP contribution in [0.15, 0.2) is 42.5 Å². The average Bonchev–Trinajstić information content (AvgIpc) is 3.17. The number of anilines is 1. The molecule has 0 aliphatic rings. The fourth-order valence-corrected chi connectivity index (χ4v) is 3.00. The lowest BCUT2D eigenvalue weighted by Crippen LogP contribution is -2.33. The maximum absolute atomic E-state index is 12.5. The molecule has 3 rings (SSSR count). The molecule has 0 bridgehead atoms. The van der Waals surface area contributed by atoms with Crippen molar-refractivity contribution in [3.63, 3.8) is 0 Å². The van der Waals surface area contributed by atoms with Crippen LogP contribution >= 0.6 is 0 Å². The highest BCUT2D eigenvalue weighted by molar-refractivity contribution is 5.88. The van der Waals surface area contributed by atoms with Gasteiger partial charge in [-0.1, -0.05) is 30.3 Å². The van der Waals surface area contributed by atoms with Gasteiger partial charge in [0.2, 0.25) is 0 Å². The van der Waals surface area contributed by atoms with Crippen LogP contribution in [-0.4, -0.2) is 44.1 Å². The van der Waals surface area contributed by atoms with E-state index in [9.17, 15) is 4.79 Å². The molecule has 0 radical (unpaired) electrons. The second-order valence-electron chi connectivity index (χ2n) is 6.76. The summed E-state index contributed by atoms with van der Waals surface area (Å²) in [7, 11) is 3.62. The molecule has 0 saturated carbocycles. The number of hydrogen-bond donors (Lipinski definition) is 1. The summed E-state index contributed by atoms with van der Waals surface area (Å²) in [6.45, 7) is 5.47. The van der Waals surface area contributed by atoms with E-state index in [2.05, 4.69) is 21.6 Å². The van der Waals surface area contributed by atoms with E-state index in [1.165, 1.54) is 0 Å². The Balaban J connectivity index is 1.55. The molecule has 0 aliphatic carbocycles. The smallest absolute Gasteiger partial charge is 0.322 e.